The molecule has 38 heavy (non-hydrogen) atoms. The molecule has 10 heteroatoms. The van der Waals surface area contributed by atoms with Crippen molar-refractivity contribution in [3.63, 3.8) is 0 Å². The lowest BCUT2D eigenvalue weighted by Gasteiger charge is -2.36. The lowest BCUT2D eigenvalue weighted by atomic mass is 9.72. The lowest BCUT2D eigenvalue weighted by Crippen LogP contribution is -2.43. The van der Waals surface area contributed by atoms with Gasteiger partial charge in [-0.3, -0.25) is 14.4 Å². The van der Waals surface area contributed by atoms with Gasteiger partial charge in [-0.1, -0.05) is 35.9 Å². The van der Waals surface area contributed by atoms with Crippen molar-refractivity contribution in [2.75, 3.05) is 20.3 Å². The number of hydrogen-bond donors (Lipinski definition) is 0. The third-order valence-electron chi connectivity index (χ3n) is 7.22. The van der Waals surface area contributed by atoms with Crippen LogP contribution in [0.3, 0.4) is 0 Å². The van der Waals surface area contributed by atoms with Gasteiger partial charge < -0.3 is 9.47 Å². The number of hydrogen-bond acceptors (Lipinski definition) is 7. The topological polar surface area (TPSA) is 116 Å². The van der Waals surface area contributed by atoms with E-state index in [1.165, 1.54) is 10.4 Å². The molecule has 0 bridgehead atoms. The van der Waals surface area contributed by atoms with Gasteiger partial charge in [0.1, 0.15) is 5.75 Å². The highest BCUT2D eigenvalue weighted by atomic mass is 32.2. The maximum absolute atomic E-state index is 13.7. The summed E-state index contributed by atoms with van der Waals surface area (Å²) in [5, 5.41) is 12.6. The van der Waals surface area contributed by atoms with Crippen LogP contribution in [-0.4, -0.2) is 49.9 Å². The first-order chi connectivity index (χ1) is 18.2. The van der Waals surface area contributed by atoms with Gasteiger partial charge >= 0.3 is 5.97 Å². The fraction of sp³-hybridized carbons (Fsp3) is 0.393. The van der Waals surface area contributed by atoms with Gasteiger partial charge in [-0.05, 0) is 68.5 Å². The van der Waals surface area contributed by atoms with E-state index in [1.54, 1.807) is 56.5 Å². The number of allylic oxidation sites excluding steroid dienone is 1. The molecule has 1 aliphatic heterocycles. The number of aryl methyl sites for hydroxylation is 1. The average molecular weight is 541 g/mol. The Hall–Kier alpha value is -3.66. The third kappa shape index (κ3) is 5.45. The lowest BCUT2D eigenvalue weighted by molar-refractivity contribution is -0.535. The number of carbonyl (C=O) groups is 1. The Morgan fingerprint density at radius 3 is 2.45 bits per heavy atom. The van der Waals surface area contributed by atoms with Gasteiger partial charge in [0.2, 0.25) is 6.04 Å². The minimum atomic E-state index is -3.93. The Kier molecular flexibility index (Phi) is 8.20. The molecule has 0 spiro atoms. The van der Waals surface area contributed by atoms with Crippen LogP contribution in [0.4, 0.5) is 0 Å². The van der Waals surface area contributed by atoms with Gasteiger partial charge in [0.25, 0.3) is 10.0 Å². The van der Waals surface area contributed by atoms with E-state index in [2.05, 4.69) is 0 Å². The summed E-state index contributed by atoms with van der Waals surface area (Å²) in [6, 6.07) is 12.7. The zero-order valence-electron chi connectivity index (χ0n) is 21.7. The van der Waals surface area contributed by atoms with Crippen molar-refractivity contribution in [3.8, 4) is 5.75 Å². The molecule has 2 aliphatic rings. The van der Waals surface area contributed by atoms with E-state index in [4.69, 9.17) is 9.47 Å². The Morgan fingerprint density at radius 2 is 1.84 bits per heavy atom. The quantitative estimate of drug-likeness (QED) is 0.197. The van der Waals surface area contributed by atoms with Gasteiger partial charge in [0.15, 0.2) is 0 Å². The Balaban J connectivity index is 1.78. The van der Waals surface area contributed by atoms with Gasteiger partial charge in [-0.25, -0.2) is 13.2 Å². The Morgan fingerprint density at radius 1 is 1.16 bits per heavy atom. The predicted octanol–water partition coefficient (Wildman–Crippen LogP) is 4.61. The van der Waals surface area contributed by atoms with Crippen LogP contribution in [0.25, 0.3) is 0 Å². The number of sulfonamides is 1. The van der Waals surface area contributed by atoms with E-state index in [-0.39, 0.29) is 29.4 Å². The van der Waals surface area contributed by atoms with E-state index in [0.717, 1.165) is 16.7 Å². The highest BCUT2D eigenvalue weighted by molar-refractivity contribution is 7.89. The van der Waals surface area contributed by atoms with Gasteiger partial charge in [-0.15, -0.1) is 0 Å². The van der Waals surface area contributed by atoms with Gasteiger partial charge in [-0.2, -0.15) is 0 Å². The Bertz CT molecular complexity index is 1350. The zero-order valence-corrected chi connectivity index (χ0v) is 22.5. The molecule has 0 aromatic heterocycles. The van der Waals surface area contributed by atoms with Crippen LogP contribution in [0.15, 0.2) is 76.8 Å². The SMILES string of the molecule is CCOC(=O)/C=C/C[C@H]1C2=C(CCN2S(=O)(=O)c2ccc(C)cc2)C[C@@H](c2ccc(OC)cc2)[C@@H]1[N+](=O)[O-]. The molecule has 0 fully saturated rings. The van der Waals surface area contributed by atoms with Crippen molar-refractivity contribution in [2.45, 2.75) is 50.0 Å². The molecule has 0 radical (unpaired) electrons. The largest absolute Gasteiger partial charge is 0.497 e. The second-order valence-electron chi connectivity index (χ2n) is 9.49. The molecule has 0 saturated carbocycles. The molecule has 1 heterocycles. The van der Waals surface area contributed by atoms with Crippen molar-refractivity contribution in [3.05, 3.63) is 93.2 Å². The predicted molar refractivity (Wildman–Crippen MR) is 142 cm³/mol. The Labute approximate surface area is 222 Å². The zero-order chi connectivity index (χ0) is 27.4. The second-order valence-corrected chi connectivity index (χ2v) is 11.3. The second kappa shape index (κ2) is 11.4. The molecule has 0 unspecified atom stereocenters. The van der Waals surface area contributed by atoms with Crippen LogP contribution >= 0.6 is 0 Å². The molecule has 202 valence electrons. The molecule has 4 rings (SSSR count). The van der Waals surface area contributed by atoms with Gasteiger partial charge in [0, 0.05) is 23.2 Å². The first kappa shape index (κ1) is 27.4. The van der Waals surface area contributed by atoms with Crippen LogP contribution < -0.4 is 4.74 Å². The molecule has 1 aliphatic carbocycles. The first-order valence-electron chi connectivity index (χ1n) is 12.6. The van der Waals surface area contributed by atoms with Gasteiger partial charge in [0.05, 0.1) is 30.4 Å². The molecule has 0 N–H and O–H groups in total. The smallest absolute Gasteiger partial charge is 0.330 e. The number of methoxy groups -OCH3 is 1. The molecular weight excluding hydrogens is 508 g/mol. The van der Waals surface area contributed by atoms with Crippen LogP contribution in [0.5, 0.6) is 5.75 Å². The summed E-state index contributed by atoms with van der Waals surface area (Å²) in [6.07, 6.45) is 3.80. The normalized spacial score (nSPS) is 21.4. The number of esters is 1. The highest BCUT2D eigenvalue weighted by Gasteiger charge is 2.51. The number of ether oxygens (including phenoxy) is 2. The molecule has 0 amide bonds. The number of nitrogens with zero attached hydrogens (tertiary/aromatic N) is 2. The van der Waals surface area contributed by atoms with Crippen molar-refractivity contribution in [2.24, 2.45) is 5.92 Å². The van der Waals surface area contributed by atoms with Crippen molar-refractivity contribution < 1.29 is 27.6 Å². The minimum Gasteiger partial charge on any atom is -0.497 e. The summed E-state index contributed by atoms with van der Waals surface area (Å²) in [4.78, 5) is 24.4. The van der Waals surface area contributed by atoms with E-state index >= 15 is 0 Å². The minimum absolute atomic E-state index is 0.121. The molecular formula is C28H32N2O7S. The number of benzene rings is 2. The van der Waals surface area contributed by atoms with Crippen LogP contribution in [0.2, 0.25) is 0 Å². The third-order valence-corrected chi connectivity index (χ3v) is 9.04. The average Bonchev–Trinajstić information content (AvgIpc) is 3.33. The molecule has 2 aromatic carbocycles. The van der Waals surface area contributed by atoms with Crippen molar-refractivity contribution in [1.82, 2.24) is 4.31 Å². The summed E-state index contributed by atoms with van der Waals surface area (Å²) in [5.74, 6) is -1.11. The summed E-state index contributed by atoms with van der Waals surface area (Å²) < 4.78 is 39.0. The fourth-order valence-electron chi connectivity index (χ4n) is 5.44. The van der Waals surface area contributed by atoms with Crippen molar-refractivity contribution in [1.29, 1.82) is 0 Å². The first-order valence-corrected chi connectivity index (χ1v) is 14.0. The standard InChI is InChI=1S/C28H32N2O7S/c1-4-37-26(31)7-5-6-24-27-21(16-17-29(27)38(34,35)23-14-8-19(2)9-15-23)18-25(28(24)30(32)33)20-10-12-22(36-3)13-11-20/h5,7-15,24-25,28H,4,6,16-18H2,1-3H3/b7-5+/t24-,25-,28+/m0/s1. The van der Waals surface area contributed by atoms with E-state index in [1.807, 2.05) is 19.1 Å². The summed E-state index contributed by atoms with van der Waals surface area (Å²) >= 11 is 0. The number of carbonyl (C=O) groups excluding carboxylic acids is 1. The molecule has 2 aromatic rings. The maximum atomic E-state index is 13.7. The van der Waals surface area contributed by atoms with Crippen LogP contribution in [0, 0.1) is 23.0 Å². The maximum Gasteiger partial charge on any atom is 0.330 e. The summed E-state index contributed by atoms with van der Waals surface area (Å²) in [7, 11) is -2.37. The number of rotatable bonds is 9. The number of nitro groups is 1. The van der Waals surface area contributed by atoms with Crippen LogP contribution in [-0.2, 0) is 19.6 Å². The summed E-state index contributed by atoms with van der Waals surface area (Å²) in [6.45, 7) is 4.00. The van der Waals surface area contributed by atoms with E-state index in [9.17, 15) is 23.3 Å². The molecule has 0 saturated heterocycles. The monoisotopic (exact) mass is 540 g/mol. The fourth-order valence-corrected chi connectivity index (χ4v) is 7.03. The highest BCUT2D eigenvalue weighted by Crippen LogP contribution is 2.49. The van der Waals surface area contributed by atoms with E-state index < -0.39 is 33.9 Å². The molecule has 9 nitrogen and oxygen atoms in total. The molecule has 3 atom stereocenters. The van der Waals surface area contributed by atoms with E-state index in [0.29, 0.717) is 24.3 Å². The van der Waals surface area contributed by atoms with Crippen LogP contribution in [0.1, 0.15) is 43.2 Å². The summed E-state index contributed by atoms with van der Waals surface area (Å²) in [5.41, 5.74) is 3.10. The van der Waals surface area contributed by atoms with Crippen molar-refractivity contribution >= 4 is 16.0 Å².